The van der Waals surface area contributed by atoms with Gasteiger partial charge >= 0.3 is 0 Å². The summed E-state index contributed by atoms with van der Waals surface area (Å²) < 4.78 is 0. The minimum atomic E-state index is 0.205. The molecule has 0 saturated heterocycles. The first-order valence-corrected chi connectivity index (χ1v) is 7.41. The van der Waals surface area contributed by atoms with Gasteiger partial charge in [-0.05, 0) is 37.1 Å². The van der Waals surface area contributed by atoms with E-state index >= 15 is 0 Å². The Morgan fingerprint density at radius 1 is 1.05 bits per heavy atom. The topological polar surface area (TPSA) is 52.7 Å². The van der Waals surface area contributed by atoms with E-state index in [1.54, 1.807) is 6.20 Å². The van der Waals surface area contributed by atoms with E-state index in [2.05, 4.69) is 71.1 Å². The Morgan fingerprint density at radius 2 is 1.86 bits per heavy atom. The Hall–Kier alpha value is -2.75. The monoisotopic (exact) mass is 292 g/mol. The van der Waals surface area contributed by atoms with Gasteiger partial charge in [0.15, 0.2) is 0 Å². The summed E-state index contributed by atoms with van der Waals surface area (Å²) in [6, 6.07) is 18.8. The van der Waals surface area contributed by atoms with Crippen LogP contribution in [0.5, 0.6) is 0 Å². The fourth-order valence-electron chi connectivity index (χ4n) is 2.42. The molecular formula is C18H20N4. The number of aromatic amines is 1. The average Bonchev–Trinajstić information content (AvgIpc) is 2.95. The van der Waals surface area contributed by atoms with Gasteiger partial charge in [0.1, 0.15) is 5.82 Å². The van der Waals surface area contributed by atoms with Crippen LogP contribution in [0.3, 0.4) is 0 Å². The summed E-state index contributed by atoms with van der Waals surface area (Å²) in [4.78, 5) is 0. The van der Waals surface area contributed by atoms with Gasteiger partial charge in [-0.15, -0.1) is 0 Å². The van der Waals surface area contributed by atoms with Crippen molar-refractivity contribution in [1.82, 2.24) is 10.2 Å². The molecule has 1 atom stereocenters. The summed E-state index contributed by atoms with van der Waals surface area (Å²) in [5.41, 5.74) is 4.46. The summed E-state index contributed by atoms with van der Waals surface area (Å²) in [7, 11) is 0. The number of H-pyrrole nitrogens is 1. The van der Waals surface area contributed by atoms with Gasteiger partial charge in [-0.2, -0.15) is 5.10 Å². The van der Waals surface area contributed by atoms with Gasteiger partial charge < -0.3 is 10.6 Å². The Labute approximate surface area is 130 Å². The van der Waals surface area contributed by atoms with Crippen molar-refractivity contribution in [2.45, 2.75) is 19.9 Å². The first-order valence-electron chi connectivity index (χ1n) is 7.41. The van der Waals surface area contributed by atoms with Crippen molar-refractivity contribution in [3.63, 3.8) is 0 Å². The van der Waals surface area contributed by atoms with Crippen LogP contribution in [-0.2, 0) is 0 Å². The van der Waals surface area contributed by atoms with Crippen molar-refractivity contribution < 1.29 is 0 Å². The smallest absolute Gasteiger partial charge is 0.149 e. The van der Waals surface area contributed by atoms with Crippen LogP contribution >= 0.6 is 0 Å². The molecule has 1 heterocycles. The van der Waals surface area contributed by atoms with Gasteiger partial charge in [0.05, 0.1) is 11.9 Å². The highest BCUT2D eigenvalue weighted by atomic mass is 15.2. The Bertz CT molecular complexity index is 734. The van der Waals surface area contributed by atoms with Gasteiger partial charge in [0, 0.05) is 11.7 Å². The predicted molar refractivity (Wildman–Crippen MR) is 91.5 cm³/mol. The molecule has 4 nitrogen and oxygen atoms in total. The van der Waals surface area contributed by atoms with Crippen LogP contribution in [0.15, 0.2) is 60.8 Å². The number of hydrogen-bond donors (Lipinski definition) is 3. The molecule has 2 aromatic carbocycles. The number of anilines is 3. The lowest BCUT2D eigenvalue weighted by Gasteiger charge is -2.16. The van der Waals surface area contributed by atoms with Crippen LogP contribution in [-0.4, -0.2) is 10.2 Å². The lowest BCUT2D eigenvalue weighted by Crippen LogP contribution is -2.07. The number of hydrogen-bond acceptors (Lipinski definition) is 3. The van der Waals surface area contributed by atoms with E-state index in [-0.39, 0.29) is 6.04 Å². The van der Waals surface area contributed by atoms with E-state index in [1.165, 1.54) is 11.1 Å². The minimum absolute atomic E-state index is 0.205. The number of benzene rings is 2. The van der Waals surface area contributed by atoms with Crippen LogP contribution in [0.25, 0.3) is 0 Å². The second-order valence-corrected chi connectivity index (χ2v) is 5.43. The van der Waals surface area contributed by atoms with E-state index in [1.807, 2.05) is 18.2 Å². The molecule has 3 rings (SSSR count). The van der Waals surface area contributed by atoms with E-state index in [0.29, 0.717) is 0 Å². The van der Waals surface area contributed by atoms with Crippen LogP contribution in [0, 0.1) is 6.92 Å². The molecule has 0 bridgehead atoms. The lowest BCUT2D eigenvalue weighted by molar-refractivity contribution is 0.885. The molecule has 0 unspecified atom stereocenters. The maximum atomic E-state index is 4.14. The maximum Gasteiger partial charge on any atom is 0.149 e. The van der Waals surface area contributed by atoms with E-state index in [9.17, 15) is 0 Å². The van der Waals surface area contributed by atoms with Crippen molar-refractivity contribution in [3.8, 4) is 0 Å². The summed E-state index contributed by atoms with van der Waals surface area (Å²) in [6.07, 6.45) is 1.80. The SMILES string of the molecule is Cc1cccc(Nc2[nH]ncc2N[C@@H](C)c2ccccc2)c1. The van der Waals surface area contributed by atoms with Gasteiger partial charge in [-0.1, -0.05) is 42.5 Å². The number of rotatable bonds is 5. The second-order valence-electron chi connectivity index (χ2n) is 5.43. The quantitative estimate of drug-likeness (QED) is 0.642. The molecule has 3 N–H and O–H groups in total. The molecule has 0 saturated carbocycles. The molecule has 112 valence electrons. The van der Waals surface area contributed by atoms with Gasteiger partial charge in [-0.3, -0.25) is 5.10 Å². The molecule has 0 spiro atoms. The lowest BCUT2D eigenvalue weighted by atomic mass is 10.1. The molecule has 22 heavy (non-hydrogen) atoms. The summed E-state index contributed by atoms with van der Waals surface area (Å²) in [5.74, 6) is 0.869. The van der Waals surface area contributed by atoms with Gasteiger partial charge in [0.25, 0.3) is 0 Å². The number of aromatic nitrogens is 2. The summed E-state index contributed by atoms with van der Waals surface area (Å²) in [5, 5.41) is 14.0. The predicted octanol–water partition coefficient (Wildman–Crippen LogP) is 4.63. The van der Waals surface area contributed by atoms with Crippen LogP contribution in [0.1, 0.15) is 24.1 Å². The number of nitrogens with one attached hydrogen (secondary N) is 3. The van der Waals surface area contributed by atoms with Crippen molar-refractivity contribution >= 4 is 17.2 Å². The third-order valence-electron chi connectivity index (χ3n) is 3.60. The van der Waals surface area contributed by atoms with Crippen molar-refractivity contribution in [1.29, 1.82) is 0 Å². The zero-order valence-corrected chi connectivity index (χ0v) is 12.8. The summed E-state index contributed by atoms with van der Waals surface area (Å²) in [6.45, 7) is 4.22. The standard InChI is InChI=1S/C18H20N4/c1-13-7-6-10-16(11-13)21-18-17(12-19-22-18)20-14(2)15-8-4-3-5-9-15/h3-12,14,20H,1-2H3,(H2,19,21,22)/t14-/m0/s1. The highest BCUT2D eigenvalue weighted by Crippen LogP contribution is 2.26. The molecular weight excluding hydrogens is 272 g/mol. The van der Waals surface area contributed by atoms with E-state index in [0.717, 1.165) is 17.2 Å². The highest BCUT2D eigenvalue weighted by Gasteiger charge is 2.10. The largest absolute Gasteiger partial charge is 0.374 e. The maximum absolute atomic E-state index is 4.14. The molecule has 0 radical (unpaired) electrons. The Kier molecular flexibility index (Phi) is 4.10. The molecule has 0 amide bonds. The molecule has 1 aromatic heterocycles. The van der Waals surface area contributed by atoms with Crippen molar-refractivity contribution in [2.24, 2.45) is 0 Å². The zero-order valence-electron chi connectivity index (χ0n) is 12.8. The van der Waals surface area contributed by atoms with Gasteiger partial charge in [-0.25, -0.2) is 0 Å². The van der Waals surface area contributed by atoms with E-state index < -0.39 is 0 Å². The molecule has 0 aliphatic carbocycles. The normalized spacial score (nSPS) is 11.9. The zero-order chi connectivity index (χ0) is 15.4. The minimum Gasteiger partial charge on any atom is -0.374 e. The fraction of sp³-hybridized carbons (Fsp3) is 0.167. The molecule has 0 aliphatic rings. The van der Waals surface area contributed by atoms with Gasteiger partial charge in [0.2, 0.25) is 0 Å². The highest BCUT2D eigenvalue weighted by molar-refractivity contribution is 5.70. The molecule has 0 fully saturated rings. The number of aryl methyl sites for hydroxylation is 1. The first-order chi connectivity index (χ1) is 10.7. The van der Waals surface area contributed by atoms with Crippen LogP contribution in [0.2, 0.25) is 0 Å². The third kappa shape index (κ3) is 3.28. The summed E-state index contributed by atoms with van der Waals surface area (Å²) >= 11 is 0. The van der Waals surface area contributed by atoms with Crippen molar-refractivity contribution in [3.05, 3.63) is 71.9 Å². The number of nitrogens with zero attached hydrogens (tertiary/aromatic N) is 1. The average molecular weight is 292 g/mol. The van der Waals surface area contributed by atoms with Crippen LogP contribution in [0.4, 0.5) is 17.2 Å². The molecule has 0 aliphatic heterocycles. The van der Waals surface area contributed by atoms with Crippen LogP contribution < -0.4 is 10.6 Å². The second kappa shape index (κ2) is 6.35. The van der Waals surface area contributed by atoms with E-state index in [4.69, 9.17) is 0 Å². The first kappa shape index (κ1) is 14.2. The Morgan fingerprint density at radius 3 is 2.64 bits per heavy atom. The molecule has 4 heteroatoms. The Balaban J connectivity index is 1.75. The third-order valence-corrected chi connectivity index (χ3v) is 3.60. The molecule has 3 aromatic rings. The fourth-order valence-corrected chi connectivity index (χ4v) is 2.42. The van der Waals surface area contributed by atoms with Crippen molar-refractivity contribution in [2.75, 3.05) is 10.6 Å².